The molecule has 1 fully saturated rings. The third-order valence-corrected chi connectivity index (χ3v) is 4.82. The second kappa shape index (κ2) is 7.19. The molecule has 0 saturated carbocycles. The van der Waals surface area contributed by atoms with Crippen molar-refractivity contribution in [3.63, 3.8) is 0 Å². The van der Waals surface area contributed by atoms with Gasteiger partial charge in [-0.2, -0.15) is 13.2 Å². The van der Waals surface area contributed by atoms with E-state index in [-0.39, 0.29) is 11.5 Å². The van der Waals surface area contributed by atoms with Crippen LogP contribution < -0.4 is 10.6 Å². The Kier molecular flexibility index (Phi) is 4.69. The summed E-state index contributed by atoms with van der Waals surface area (Å²) >= 11 is 0. The quantitative estimate of drug-likeness (QED) is 0.709. The number of benzene rings is 1. The molecule has 1 aliphatic rings. The van der Waals surface area contributed by atoms with Crippen molar-refractivity contribution >= 4 is 28.6 Å². The summed E-state index contributed by atoms with van der Waals surface area (Å²) < 4.78 is 38.1. The molecule has 2 N–H and O–H groups in total. The predicted octanol–water partition coefficient (Wildman–Crippen LogP) is 2.59. The highest BCUT2D eigenvalue weighted by atomic mass is 19.4. The van der Waals surface area contributed by atoms with Crippen LogP contribution in [0.3, 0.4) is 0 Å². The second-order valence-corrected chi connectivity index (χ2v) is 6.66. The van der Waals surface area contributed by atoms with Crippen LogP contribution in [0.2, 0.25) is 0 Å². The molecule has 0 aliphatic carbocycles. The molecule has 0 spiro atoms. The lowest BCUT2D eigenvalue weighted by molar-refractivity contribution is -0.137. The highest BCUT2D eigenvalue weighted by Crippen LogP contribution is 2.29. The van der Waals surface area contributed by atoms with Crippen LogP contribution in [0, 0.1) is 0 Å². The second-order valence-electron chi connectivity index (χ2n) is 6.66. The van der Waals surface area contributed by atoms with Gasteiger partial charge in [-0.25, -0.2) is 15.0 Å². The number of halogens is 3. The summed E-state index contributed by atoms with van der Waals surface area (Å²) in [6.07, 6.45) is -3.00. The first-order valence-electron chi connectivity index (χ1n) is 8.91. The minimum atomic E-state index is -4.42. The topological polar surface area (TPSA) is 88.2 Å². The lowest BCUT2D eigenvalue weighted by Gasteiger charge is -2.35. The molecule has 10 heteroatoms. The molecule has 0 atom stereocenters. The SMILES string of the molecule is Nc1ccc2c(N3CCN(C(=O)c4ccc(C(F)(F)F)cc4)CC3)ncnc2n1. The minimum absolute atomic E-state index is 0.235. The number of anilines is 2. The predicted molar refractivity (Wildman–Crippen MR) is 101 cm³/mol. The maximum atomic E-state index is 12.7. The van der Waals surface area contributed by atoms with E-state index in [9.17, 15) is 18.0 Å². The molecule has 1 aromatic carbocycles. The Bertz CT molecular complexity index is 1050. The van der Waals surface area contributed by atoms with E-state index in [2.05, 4.69) is 15.0 Å². The number of nitrogens with zero attached hydrogens (tertiary/aromatic N) is 5. The first kappa shape index (κ1) is 18.9. The zero-order valence-corrected chi connectivity index (χ0v) is 15.2. The van der Waals surface area contributed by atoms with Crippen molar-refractivity contribution in [3.05, 3.63) is 53.9 Å². The number of amides is 1. The summed E-state index contributed by atoms with van der Waals surface area (Å²) in [5, 5.41) is 0.768. The van der Waals surface area contributed by atoms with Gasteiger partial charge in [0.05, 0.1) is 10.9 Å². The van der Waals surface area contributed by atoms with Crippen molar-refractivity contribution in [3.8, 4) is 0 Å². The van der Waals surface area contributed by atoms with Crippen LogP contribution in [0.15, 0.2) is 42.7 Å². The van der Waals surface area contributed by atoms with Gasteiger partial charge in [-0.15, -0.1) is 0 Å². The van der Waals surface area contributed by atoms with E-state index in [1.165, 1.54) is 18.5 Å². The maximum absolute atomic E-state index is 12.7. The fraction of sp³-hybridized carbons (Fsp3) is 0.263. The van der Waals surface area contributed by atoms with Gasteiger partial charge in [0, 0.05) is 31.7 Å². The number of nitrogen functional groups attached to an aromatic ring is 1. The van der Waals surface area contributed by atoms with Crippen LogP contribution in [-0.2, 0) is 6.18 Å². The van der Waals surface area contributed by atoms with E-state index >= 15 is 0 Å². The average Bonchev–Trinajstić information content (AvgIpc) is 2.72. The number of alkyl halides is 3. The first-order chi connectivity index (χ1) is 13.8. The van der Waals surface area contributed by atoms with E-state index in [4.69, 9.17) is 5.73 Å². The van der Waals surface area contributed by atoms with Gasteiger partial charge < -0.3 is 15.5 Å². The molecule has 3 heterocycles. The fourth-order valence-corrected chi connectivity index (χ4v) is 3.30. The monoisotopic (exact) mass is 402 g/mol. The summed E-state index contributed by atoms with van der Waals surface area (Å²) in [4.78, 5) is 29.0. The molecule has 29 heavy (non-hydrogen) atoms. The van der Waals surface area contributed by atoms with Gasteiger partial charge in [-0.1, -0.05) is 0 Å². The Morgan fingerprint density at radius 2 is 1.66 bits per heavy atom. The van der Waals surface area contributed by atoms with Crippen LogP contribution in [0.4, 0.5) is 24.8 Å². The van der Waals surface area contributed by atoms with Crippen molar-refractivity contribution < 1.29 is 18.0 Å². The summed E-state index contributed by atoms with van der Waals surface area (Å²) in [5.41, 5.74) is 5.66. The molecule has 0 radical (unpaired) electrons. The third-order valence-electron chi connectivity index (χ3n) is 4.82. The lowest BCUT2D eigenvalue weighted by atomic mass is 10.1. The number of carbonyl (C=O) groups excluding carboxylic acids is 1. The standard InChI is InChI=1S/C19H17F3N6O/c20-19(21,22)13-3-1-12(2-4-13)18(29)28-9-7-27(8-10-28)17-14-5-6-15(23)26-16(14)24-11-25-17/h1-6,11H,7-10H2,(H2,23,24,25,26). The van der Waals surface area contributed by atoms with Gasteiger partial charge in [-0.3, -0.25) is 4.79 Å². The van der Waals surface area contributed by atoms with Crippen molar-refractivity contribution in [2.24, 2.45) is 0 Å². The lowest BCUT2D eigenvalue weighted by Crippen LogP contribution is -2.49. The highest BCUT2D eigenvalue weighted by molar-refractivity contribution is 5.94. The van der Waals surface area contributed by atoms with Crippen LogP contribution in [-0.4, -0.2) is 51.9 Å². The Hall–Kier alpha value is -3.43. The molecular weight excluding hydrogens is 385 g/mol. The molecule has 0 unspecified atom stereocenters. The maximum Gasteiger partial charge on any atom is 0.416 e. The van der Waals surface area contributed by atoms with Gasteiger partial charge in [0.15, 0.2) is 5.65 Å². The third kappa shape index (κ3) is 3.78. The summed E-state index contributed by atoms with van der Waals surface area (Å²) in [5.74, 6) is 0.790. The van der Waals surface area contributed by atoms with Crippen molar-refractivity contribution in [1.29, 1.82) is 0 Å². The molecule has 1 amide bonds. The van der Waals surface area contributed by atoms with Gasteiger partial charge in [0.1, 0.15) is 18.0 Å². The molecular formula is C19H17F3N6O. The van der Waals surface area contributed by atoms with Gasteiger partial charge >= 0.3 is 6.18 Å². The summed E-state index contributed by atoms with van der Waals surface area (Å²) in [7, 11) is 0. The molecule has 7 nitrogen and oxygen atoms in total. The normalized spacial score (nSPS) is 15.0. The highest BCUT2D eigenvalue weighted by Gasteiger charge is 2.31. The molecule has 0 bridgehead atoms. The number of rotatable bonds is 2. The van der Waals surface area contributed by atoms with Crippen molar-refractivity contribution in [2.75, 3.05) is 36.8 Å². The zero-order valence-electron chi connectivity index (χ0n) is 15.2. The summed E-state index contributed by atoms with van der Waals surface area (Å²) in [6, 6.07) is 7.77. The van der Waals surface area contributed by atoms with Crippen molar-refractivity contribution in [2.45, 2.75) is 6.18 Å². The van der Waals surface area contributed by atoms with Gasteiger partial charge in [0.25, 0.3) is 5.91 Å². The van der Waals surface area contributed by atoms with E-state index in [1.807, 2.05) is 11.0 Å². The molecule has 1 saturated heterocycles. The van der Waals surface area contributed by atoms with Crippen LogP contribution >= 0.6 is 0 Å². The van der Waals surface area contributed by atoms with Crippen LogP contribution in [0.1, 0.15) is 15.9 Å². The van der Waals surface area contributed by atoms with Crippen LogP contribution in [0.25, 0.3) is 11.0 Å². The Labute approximate surface area is 164 Å². The van der Waals surface area contributed by atoms with Gasteiger partial charge in [0.2, 0.25) is 0 Å². The van der Waals surface area contributed by atoms with E-state index in [1.54, 1.807) is 11.0 Å². The number of nitrogens with two attached hydrogens (primary N) is 1. The van der Waals surface area contributed by atoms with E-state index in [0.717, 1.165) is 17.5 Å². The fourth-order valence-electron chi connectivity index (χ4n) is 3.30. The number of piperazine rings is 1. The molecule has 2 aromatic heterocycles. The number of hydrogen-bond donors (Lipinski definition) is 1. The molecule has 150 valence electrons. The number of aromatic nitrogens is 3. The Balaban J connectivity index is 1.46. The van der Waals surface area contributed by atoms with Gasteiger partial charge in [-0.05, 0) is 36.4 Å². The molecule has 4 rings (SSSR count). The Morgan fingerprint density at radius 1 is 0.966 bits per heavy atom. The van der Waals surface area contributed by atoms with Crippen molar-refractivity contribution in [1.82, 2.24) is 19.9 Å². The smallest absolute Gasteiger partial charge is 0.384 e. The zero-order chi connectivity index (χ0) is 20.6. The number of fused-ring (bicyclic) bond motifs is 1. The molecule has 1 aliphatic heterocycles. The van der Waals surface area contributed by atoms with E-state index in [0.29, 0.717) is 43.5 Å². The summed E-state index contributed by atoms with van der Waals surface area (Å²) in [6.45, 7) is 1.91. The molecule has 3 aromatic rings. The number of hydrogen-bond acceptors (Lipinski definition) is 6. The minimum Gasteiger partial charge on any atom is -0.384 e. The van der Waals surface area contributed by atoms with E-state index < -0.39 is 11.7 Å². The Morgan fingerprint density at radius 3 is 2.31 bits per heavy atom. The average molecular weight is 402 g/mol. The largest absolute Gasteiger partial charge is 0.416 e. The first-order valence-corrected chi connectivity index (χ1v) is 8.91. The number of pyridine rings is 1. The van der Waals surface area contributed by atoms with Crippen LogP contribution in [0.5, 0.6) is 0 Å². The number of carbonyl (C=O) groups is 1.